The molecule has 1 heterocycles. The highest BCUT2D eigenvalue weighted by molar-refractivity contribution is 9.10. The van der Waals surface area contributed by atoms with Crippen LogP contribution in [0.5, 0.6) is 0 Å². The summed E-state index contributed by atoms with van der Waals surface area (Å²) in [6.45, 7) is 1.72. The van der Waals surface area contributed by atoms with E-state index in [0.29, 0.717) is 15.9 Å². The van der Waals surface area contributed by atoms with Crippen LogP contribution in [0.25, 0.3) is 0 Å². The minimum atomic E-state index is -0.618. The molecule has 1 amide bonds. The second kappa shape index (κ2) is 4.77. The van der Waals surface area contributed by atoms with E-state index in [9.17, 15) is 9.18 Å². The topological polar surface area (TPSA) is 83.8 Å². The standard InChI is InChI=1S/C11H10BrFN4O/c1-5-9(14)10(17-16-5)15-11(18)7-3-2-6(12)4-8(7)13/h2-4H,14H2,1H3,(H2,15,16,17,18). The number of nitrogen functional groups attached to an aromatic ring is 1. The van der Waals surface area contributed by atoms with Gasteiger partial charge in [-0.3, -0.25) is 9.89 Å². The molecule has 5 nitrogen and oxygen atoms in total. The summed E-state index contributed by atoms with van der Waals surface area (Å²) < 4.78 is 14.1. The van der Waals surface area contributed by atoms with Gasteiger partial charge in [0.25, 0.3) is 5.91 Å². The van der Waals surface area contributed by atoms with Crippen molar-refractivity contribution in [2.24, 2.45) is 0 Å². The van der Waals surface area contributed by atoms with Crippen molar-refractivity contribution in [3.05, 3.63) is 39.7 Å². The lowest BCUT2D eigenvalue weighted by molar-refractivity contribution is 0.102. The molecule has 0 radical (unpaired) electrons. The van der Waals surface area contributed by atoms with E-state index in [1.807, 2.05) is 0 Å². The fourth-order valence-electron chi connectivity index (χ4n) is 1.38. The Bertz CT molecular complexity index is 611. The third kappa shape index (κ3) is 2.35. The molecule has 1 aromatic heterocycles. The molecule has 4 N–H and O–H groups in total. The lowest BCUT2D eigenvalue weighted by Crippen LogP contribution is -2.15. The van der Waals surface area contributed by atoms with E-state index in [1.165, 1.54) is 12.1 Å². The number of amides is 1. The number of hydrogen-bond donors (Lipinski definition) is 3. The Labute approximate surface area is 111 Å². The summed E-state index contributed by atoms with van der Waals surface area (Å²) in [6.07, 6.45) is 0. The van der Waals surface area contributed by atoms with Crippen LogP contribution in [0.3, 0.4) is 0 Å². The summed E-state index contributed by atoms with van der Waals surface area (Å²) >= 11 is 3.12. The molecule has 1 aromatic carbocycles. The highest BCUT2D eigenvalue weighted by Crippen LogP contribution is 2.20. The number of anilines is 2. The van der Waals surface area contributed by atoms with Crippen molar-refractivity contribution in [2.45, 2.75) is 6.92 Å². The summed E-state index contributed by atoms with van der Waals surface area (Å²) in [5, 5.41) is 8.89. The highest BCUT2D eigenvalue weighted by Gasteiger charge is 2.15. The number of aromatic nitrogens is 2. The zero-order chi connectivity index (χ0) is 13.3. The number of H-pyrrole nitrogens is 1. The summed E-state index contributed by atoms with van der Waals surface area (Å²) in [4.78, 5) is 11.8. The summed E-state index contributed by atoms with van der Waals surface area (Å²) in [5.41, 5.74) is 6.58. The molecule has 2 rings (SSSR count). The number of benzene rings is 1. The SMILES string of the molecule is Cc1[nH]nc(NC(=O)c2ccc(Br)cc2F)c1N. The minimum absolute atomic E-state index is 0.0711. The molecule has 0 aliphatic rings. The van der Waals surface area contributed by atoms with Crippen molar-refractivity contribution in [3.8, 4) is 0 Å². The molecule has 0 aliphatic carbocycles. The van der Waals surface area contributed by atoms with Crippen LogP contribution in [-0.4, -0.2) is 16.1 Å². The molecule has 7 heteroatoms. The van der Waals surface area contributed by atoms with Crippen LogP contribution in [0.2, 0.25) is 0 Å². The highest BCUT2D eigenvalue weighted by atomic mass is 79.9. The maximum Gasteiger partial charge on any atom is 0.259 e. The van der Waals surface area contributed by atoms with Crippen LogP contribution in [0.15, 0.2) is 22.7 Å². The van der Waals surface area contributed by atoms with Gasteiger partial charge >= 0.3 is 0 Å². The molecule has 0 saturated heterocycles. The summed E-state index contributed by atoms with van der Waals surface area (Å²) in [6, 6.07) is 4.18. The van der Waals surface area contributed by atoms with Crippen molar-refractivity contribution in [1.29, 1.82) is 0 Å². The van der Waals surface area contributed by atoms with Gasteiger partial charge in [-0.15, -0.1) is 0 Å². The molecule has 0 saturated carbocycles. The monoisotopic (exact) mass is 312 g/mol. The maximum atomic E-state index is 13.6. The van der Waals surface area contributed by atoms with Gasteiger partial charge in [-0.2, -0.15) is 5.10 Å². The van der Waals surface area contributed by atoms with Crippen LogP contribution in [0.1, 0.15) is 16.1 Å². The van der Waals surface area contributed by atoms with Crippen LogP contribution < -0.4 is 11.1 Å². The first-order chi connectivity index (χ1) is 8.49. The van der Waals surface area contributed by atoms with Crippen molar-refractivity contribution in [3.63, 3.8) is 0 Å². The van der Waals surface area contributed by atoms with E-state index in [0.717, 1.165) is 0 Å². The second-order valence-electron chi connectivity index (χ2n) is 3.69. The quantitative estimate of drug-likeness (QED) is 0.796. The van der Waals surface area contributed by atoms with E-state index in [-0.39, 0.29) is 11.4 Å². The van der Waals surface area contributed by atoms with Crippen molar-refractivity contribution in [2.75, 3.05) is 11.1 Å². The van der Waals surface area contributed by atoms with Gasteiger partial charge in [0.05, 0.1) is 16.9 Å². The van der Waals surface area contributed by atoms with Gasteiger partial charge in [0.1, 0.15) is 5.82 Å². The summed E-state index contributed by atoms with van der Waals surface area (Å²) in [5.74, 6) is -1.02. The molecule has 0 fully saturated rings. The summed E-state index contributed by atoms with van der Waals surface area (Å²) in [7, 11) is 0. The number of aryl methyl sites for hydroxylation is 1. The van der Waals surface area contributed by atoms with E-state index >= 15 is 0 Å². The van der Waals surface area contributed by atoms with Crippen molar-refractivity contribution >= 4 is 33.3 Å². The maximum absolute atomic E-state index is 13.6. The van der Waals surface area contributed by atoms with E-state index in [1.54, 1.807) is 13.0 Å². The molecule has 94 valence electrons. The average Bonchev–Trinajstić information content (AvgIpc) is 2.61. The van der Waals surface area contributed by atoms with Crippen LogP contribution in [-0.2, 0) is 0 Å². The molecule has 0 spiro atoms. The molecule has 0 atom stereocenters. The fraction of sp³-hybridized carbons (Fsp3) is 0.0909. The third-order valence-corrected chi connectivity index (χ3v) is 2.90. The number of nitrogens with two attached hydrogens (primary N) is 1. The Morgan fingerprint density at radius 3 is 2.83 bits per heavy atom. The van der Waals surface area contributed by atoms with Gasteiger partial charge in [-0.05, 0) is 25.1 Å². The molecule has 0 aliphatic heterocycles. The molecular formula is C11H10BrFN4O. The molecule has 2 aromatic rings. The molecular weight excluding hydrogens is 303 g/mol. The Hall–Kier alpha value is -1.89. The van der Waals surface area contributed by atoms with Gasteiger partial charge in [0.15, 0.2) is 5.82 Å². The van der Waals surface area contributed by atoms with Gasteiger partial charge in [-0.1, -0.05) is 15.9 Å². The first kappa shape index (κ1) is 12.6. The zero-order valence-corrected chi connectivity index (χ0v) is 11.0. The van der Waals surface area contributed by atoms with Crippen LogP contribution in [0.4, 0.5) is 15.9 Å². The predicted octanol–water partition coefficient (Wildman–Crippen LogP) is 2.45. The van der Waals surface area contributed by atoms with E-state index < -0.39 is 11.7 Å². The van der Waals surface area contributed by atoms with Crippen molar-refractivity contribution in [1.82, 2.24) is 10.2 Å². The second-order valence-corrected chi connectivity index (χ2v) is 4.60. The number of rotatable bonds is 2. The van der Waals surface area contributed by atoms with E-state index in [2.05, 4.69) is 31.4 Å². The number of aromatic amines is 1. The smallest absolute Gasteiger partial charge is 0.259 e. The Morgan fingerprint density at radius 2 is 2.28 bits per heavy atom. The fourth-order valence-corrected chi connectivity index (χ4v) is 1.71. The van der Waals surface area contributed by atoms with Crippen molar-refractivity contribution < 1.29 is 9.18 Å². The van der Waals surface area contributed by atoms with Gasteiger partial charge < -0.3 is 11.1 Å². The average molecular weight is 313 g/mol. The Kier molecular flexibility index (Phi) is 3.33. The minimum Gasteiger partial charge on any atom is -0.394 e. The van der Waals surface area contributed by atoms with Gasteiger partial charge in [0.2, 0.25) is 0 Å². The molecule has 18 heavy (non-hydrogen) atoms. The number of carbonyl (C=O) groups is 1. The number of halogens is 2. The van der Waals surface area contributed by atoms with Gasteiger partial charge in [0, 0.05) is 4.47 Å². The Morgan fingerprint density at radius 1 is 1.56 bits per heavy atom. The number of hydrogen-bond acceptors (Lipinski definition) is 3. The first-order valence-electron chi connectivity index (χ1n) is 5.06. The zero-order valence-electron chi connectivity index (χ0n) is 9.42. The molecule has 0 unspecified atom stereocenters. The lowest BCUT2D eigenvalue weighted by atomic mass is 10.2. The predicted molar refractivity (Wildman–Crippen MR) is 69.8 cm³/mol. The third-order valence-electron chi connectivity index (χ3n) is 2.40. The van der Waals surface area contributed by atoms with Gasteiger partial charge in [-0.25, -0.2) is 4.39 Å². The van der Waals surface area contributed by atoms with Crippen LogP contribution in [0, 0.1) is 12.7 Å². The largest absolute Gasteiger partial charge is 0.394 e. The number of carbonyl (C=O) groups excluding carboxylic acids is 1. The first-order valence-corrected chi connectivity index (χ1v) is 5.85. The molecule has 0 bridgehead atoms. The number of nitrogens with one attached hydrogen (secondary N) is 2. The lowest BCUT2D eigenvalue weighted by Gasteiger charge is -2.04. The van der Waals surface area contributed by atoms with Crippen LogP contribution >= 0.6 is 15.9 Å². The Balaban J connectivity index is 2.25. The number of nitrogens with zero attached hydrogens (tertiary/aromatic N) is 1. The van der Waals surface area contributed by atoms with E-state index in [4.69, 9.17) is 5.73 Å². The normalized spacial score (nSPS) is 10.4.